The Hall–Kier alpha value is -3.60. The maximum atomic E-state index is 12.6. The molecule has 3 N–H and O–H groups in total. The van der Waals surface area contributed by atoms with Crippen LogP contribution in [0.2, 0.25) is 0 Å². The van der Waals surface area contributed by atoms with Crippen LogP contribution >= 0.6 is 11.8 Å². The molecule has 0 bridgehead atoms. The highest BCUT2D eigenvalue weighted by Crippen LogP contribution is 2.45. The predicted octanol–water partition coefficient (Wildman–Crippen LogP) is 2.63. The molecule has 1 aliphatic rings. The maximum absolute atomic E-state index is 12.6. The van der Waals surface area contributed by atoms with Crippen LogP contribution in [-0.2, 0) is 9.59 Å². The maximum Gasteiger partial charge on any atom is 0.255 e. The smallest absolute Gasteiger partial charge is 0.255 e. The number of benzene rings is 1. The van der Waals surface area contributed by atoms with Gasteiger partial charge in [-0.25, -0.2) is 9.97 Å². The standard InChI is InChI=1S/C23H26N6O4S/c1-5-32-17-9-15(6-7-16(17)33-10-18(24)30)21-20-14(4)28-29(22(20)27-19(31)11-34-21)23-25-12(2)8-13(3)26-23/h6-9,21H,5,10-11H2,1-4H3,(H2,24,30)(H,27,31). The number of carbonyl (C=O) groups excluding carboxylic acids is 2. The normalized spacial score (nSPS) is 15.3. The Balaban J connectivity index is 1.81. The topological polar surface area (TPSA) is 134 Å². The fourth-order valence-electron chi connectivity index (χ4n) is 3.82. The molecule has 0 saturated heterocycles. The van der Waals surface area contributed by atoms with Gasteiger partial charge < -0.3 is 20.5 Å². The minimum absolute atomic E-state index is 0.134. The fourth-order valence-corrected chi connectivity index (χ4v) is 5.00. The van der Waals surface area contributed by atoms with E-state index in [-0.39, 0.29) is 23.5 Å². The van der Waals surface area contributed by atoms with Gasteiger partial charge in [0.25, 0.3) is 11.9 Å². The number of aryl methyl sites for hydroxylation is 3. The van der Waals surface area contributed by atoms with Crippen molar-refractivity contribution in [3.05, 3.63) is 52.5 Å². The second kappa shape index (κ2) is 9.72. The molecule has 178 valence electrons. The molecule has 0 spiro atoms. The van der Waals surface area contributed by atoms with Crippen molar-refractivity contribution in [2.75, 3.05) is 24.3 Å². The molecule has 0 aliphatic carbocycles. The van der Waals surface area contributed by atoms with Crippen LogP contribution in [0.1, 0.15) is 40.4 Å². The molecule has 34 heavy (non-hydrogen) atoms. The first-order chi connectivity index (χ1) is 16.3. The first kappa shape index (κ1) is 23.6. The van der Waals surface area contributed by atoms with Crippen molar-refractivity contribution in [3.8, 4) is 17.4 Å². The molecule has 0 saturated carbocycles. The number of nitrogens with zero attached hydrogens (tertiary/aromatic N) is 4. The van der Waals surface area contributed by atoms with Crippen LogP contribution in [0.15, 0.2) is 24.3 Å². The zero-order valence-corrected chi connectivity index (χ0v) is 20.2. The summed E-state index contributed by atoms with van der Waals surface area (Å²) in [6, 6.07) is 7.38. The lowest BCUT2D eigenvalue weighted by Gasteiger charge is -2.18. The van der Waals surface area contributed by atoms with E-state index in [4.69, 9.17) is 15.2 Å². The van der Waals surface area contributed by atoms with E-state index in [2.05, 4.69) is 20.4 Å². The lowest BCUT2D eigenvalue weighted by atomic mass is 10.0. The number of anilines is 1. The van der Waals surface area contributed by atoms with Gasteiger partial charge in [0.1, 0.15) is 5.82 Å². The molecule has 0 radical (unpaired) electrons. The largest absolute Gasteiger partial charge is 0.490 e. The molecule has 1 unspecified atom stereocenters. The van der Waals surface area contributed by atoms with Crippen LogP contribution in [0.25, 0.3) is 5.95 Å². The van der Waals surface area contributed by atoms with Crippen molar-refractivity contribution in [3.63, 3.8) is 0 Å². The van der Waals surface area contributed by atoms with Crippen LogP contribution in [-0.4, -0.2) is 50.5 Å². The molecule has 1 aromatic carbocycles. The van der Waals surface area contributed by atoms with E-state index in [1.165, 1.54) is 11.8 Å². The number of hydrogen-bond donors (Lipinski definition) is 2. The van der Waals surface area contributed by atoms with Gasteiger partial charge in [0, 0.05) is 17.0 Å². The first-order valence-electron chi connectivity index (χ1n) is 10.8. The van der Waals surface area contributed by atoms with Gasteiger partial charge in [0.05, 0.1) is 23.3 Å². The van der Waals surface area contributed by atoms with Crippen molar-refractivity contribution in [1.29, 1.82) is 0 Å². The fraction of sp³-hybridized carbons (Fsp3) is 0.348. The summed E-state index contributed by atoms with van der Waals surface area (Å²) in [7, 11) is 0. The number of rotatable bonds is 7. The average Bonchev–Trinajstić information content (AvgIpc) is 2.97. The minimum atomic E-state index is -0.572. The monoisotopic (exact) mass is 482 g/mol. The minimum Gasteiger partial charge on any atom is -0.490 e. The van der Waals surface area contributed by atoms with Gasteiger partial charge in [-0.15, -0.1) is 11.8 Å². The average molecular weight is 483 g/mol. The first-order valence-corrected chi connectivity index (χ1v) is 11.8. The lowest BCUT2D eigenvalue weighted by molar-refractivity contribution is -0.120. The summed E-state index contributed by atoms with van der Waals surface area (Å²) < 4.78 is 12.9. The van der Waals surface area contributed by atoms with Crippen molar-refractivity contribution in [2.24, 2.45) is 5.73 Å². The van der Waals surface area contributed by atoms with Gasteiger partial charge in [-0.3, -0.25) is 9.59 Å². The summed E-state index contributed by atoms with van der Waals surface area (Å²) in [4.78, 5) is 32.8. The highest BCUT2D eigenvalue weighted by Gasteiger charge is 2.32. The van der Waals surface area contributed by atoms with Gasteiger partial charge in [0.15, 0.2) is 18.1 Å². The molecule has 1 atom stereocenters. The second-order valence-corrected chi connectivity index (χ2v) is 8.94. The van der Waals surface area contributed by atoms with E-state index in [1.54, 1.807) is 10.7 Å². The van der Waals surface area contributed by atoms with Crippen LogP contribution < -0.4 is 20.5 Å². The van der Waals surface area contributed by atoms with Crippen molar-refractivity contribution < 1.29 is 19.1 Å². The van der Waals surface area contributed by atoms with Gasteiger partial charge in [0.2, 0.25) is 5.91 Å². The molecule has 11 heteroatoms. The summed E-state index contributed by atoms with van der Waals surface area (Å²) in [5, 5.41) is 7.45. The lowest BCUT2D eigenvalue weighted by Crippen LogP contribution is -2.20. The van der Waals surface area contributed by atoms with Crippen molar-refractivity contribution in [2.45, 2.75) is 32.9 Å². The molecule has 2 aromatic heterocycles. The van der Waals surface area contributed by atoms with E-state index < -0.39 is 5.91 Å². The van der Waals surface area contributed by atoms with Crippen molar-refractivity contribution in [1.82, 2.24) is 19.7 Å². The van der Waals surface area contributed by atoms with E-state index in [9.17, 15) is 9.59 Å². The third-order valence-corrected chi connectivity index (χ3v) is 6.38. The van der Waals surface area contributed by atoms with Gasteiger partial charge in [-0.1, -0.05) is 6.07 Å². The zero-order chi connectivity index (χ0) is 24.4. The molecule has 4 rings (SSSR count). The molecule has 3 heterocycles. The summed E-state index contributed by atoms with van der Waals surface area (Å²) >= 11 is 1.49. The summed E-state index contributed by atoms with van der Waals surface area (Å²) in [5.41, 5.74) is 9.36. The number of nitrogens with one attached hydrogen (secondary N) is 1. The van der Waals surface area contributed by atoms with Crippen molar-refractivity contribution >= 4 is 29.4 Å². The van der Waals surface area contributed by atoms with Crippen LogP contribution in [0.3, 0.4) is 0 Å². The number of fused-ring (bicyclic) bond motifs is 1. The van der Waals surface area contributed by atoms with Gasteiger partial charge >= 0.3 is 0 Å². The van der Waals surface area contributed by atoms with Crippen LogP contribution in [0.4, 0.5) is 5.82 Å². The molecule has 3 aromatic rings. The zero-order valence-electron chi connectivity index (χ0n) is 19.4. The number of carbonyl (C=O) groups is 2. The molecule has 10 nitrogen and oxygen atoms in total. The number of hydrogen-bond acceptors (Lipinski definition) is 8. The van der Waals surface area contributed by atoms with E-state index in [0.29, 0.717) is 29.9 Å². The Kier molecular flexibility index (Phi) is 6.73. The Morgan fingerprint density at radius 3 is 2.59 bits per heavy atom. The Morgan fingerprint density at radius 2 is 1.91 bits per heavy atom. The quantitative estimate of drug-likeness (QED) is 0.525. The molecule has 1 aliphatic heterocycles. The highest BCUT2D eigenvalue weighted by molar-refractivity contribution is 8.00. The number of ether oxygens (including phenoxy) is 2. The van der Waals surface area contributed by atoms with E-state index in [0.717, 1.165) is 28.2 Å². The molecule has 2 amide bonds. The number of primary amides is 1. The Morgan fingerprint density at radius 1 is 1.18 bits per heavy atom. The SMILES string of the molecule is CCOc1cc(C2SCC(=O)Nc3c2c(C)nn3-c2nc(C)cc(C)n2)ccc1OCC(N)=O. The summed E-state index contributed by atoms with van der Waals surface area (Å²) in [5.74, 6) is 1.43. The number of thioether (sulfide) groups is 1. The highest BCUT2D eigenvalue weighted by atomic mass is 32.2. The van der Waals surface area contributed by atoms with Crippen LogP contribution in [0.5, 0.6) is 11.5 Å². The van der Waals surface area contributed by atoms with Crippen LogP contribution in [0, 0.1) is 20.8 Å². The van der Waals surface area contributed by atoms with Gasteiger partial charge in [-0.05, 0) is 51.5 Å². The number of nitrogens with two attached hydrogens (primary N) is 1. The third-order valence-electron chi connectivity index (χ3n) is 5.11. The number of amides is 2. The number of aromatic nitrogens is 4. The molecule has 0 fully saturated rings. The van der Waals surface area contributed by atoms with Gasteiger partial charge in [-0.2, -0.15) is 9.78 Å². The molecular formula is C23H26N6O4S. The Labute approximate surface area is 201 Å². The summed E-state index contributed by atoms with van der Waals surface area (Å²) in [6.45, 7) is 7.71. The summed E-state index contributed by atoms with van der Waals surface area (Å²) in [6.07, 6.45) is 0. The van der Waals surface area contributed by atoms with E-state index in [1.807, 2.05) is 45.9 Å². The van der Waals surface area contributed by atoms with E-state index >= 15 is 0 Å². The predicted molar refractivity (Wildman–Crippen MR) is 129 cm³/mol. The Bertz CT molecular complexity index is 1240. The molecular weight excluding hydrogens is 456 g/mol. The second-order valence-electron chi connectivity index (χ2n) is 7.84. The third kappa shape index (κ3) is 4.84.